The standard InChI is InChI=1S/C26H25N3O4/c1-2-29-23-13-12-19(14-22(23)28-25(31)26(29)32)24(30)27-15-20-10-6-7-11-21(20)17-33-16-18-8-4-3-5-9-18/h3-14H,2,15-17H2,1H3,(H,27,30)(H,28,31). The summed E-state index contributed by atoms with van der Waals surface area (Å²) in [5.41, 5.74) is 3.20. The minimum atomic E-state index is -0.702. The molecule has 0 aliphatic heterocycles. The first-order valence-electron chi connectivity index (χ1n) is 10.8. The van der Waals surface area contributed by atoms with E-state index in [1.54, 1.807) is 25.1 Å². The zero-order chi connectivity index (χ0) is 23.2. The molecule has 0 saturated carbocycles. The SMILES string of the molecule is CCn1c(=O)c(=O)[nH]c2cc(C(=O)NCc3ccccc3COCc3ccccc3)ccc21. The summed E-state index contributed by atoms with van der Waals surface area (Å²) >= 11 is 0. The number of aromatic nitrogens is 2. The fourth-order valence-corrected chi connectivity index (χ4v) is 3.74. The van der Waals surface area contributed by atoms with Crippen molar-refractivity contribution in [2.24, 2.45) is 0 Å². The van der Waals surface area contributed by atoms with E-state index < -0.39 is 11.1 Å². The van der Waals surface area contributed by atoms with Crippen LogP contribution >= 0.6 is 0 Å². The Morgan fingerprint density at radius 3 is 2.42 bits per heavy atom. The van der Waals surface area contributed by atoms with Crippen LogP contribution in [0.1, 0.15) is 34.0 Å². The maximum absolute atomic E-state index is 12.8. The first-order chi connectivity index (χ1) is 16.1. The van der Waals surface area contributed by atoms with Gasteiger partial charge in [0.25, 0.3) is 5.91 Å². The highest BCUT2D eigenvalue weighted by Gasteiger charge is 2.11. The van der Waals surface area contributed by atoms with Crippen molar-refractivity contribution in [2.75, 3.05) is 0 Å². The molecule has 168 valence electrons. The number of nitrogens with zero attached hydrogens (tertiary/aromatic N) is 1. The van der Waals surface area contributed by atoms with Crippen LogP contribution in [-0.2, 0) is 31.0 Å². The van der Waals surface area contributed by atoms with Crippen molar-refractivity contribution < 1.29 is 9.53 Å². The molecule has 1 heterocycles. The lowest BCUT2D eigenvalue weighted by Gasteiger charge is -2.12. The third-order valence-electron chi connectivity index (χ3n) is 5.48. The lowest BCUT2D eigenvalue weighted by Crippen LogP contribution is -2.36. The molecular formula is C26H25N3O4. The number of carbonyl (C=O) groups is 1. The van der Waals surface area contributed by atoms with Crippen LogP contribution in [-0.4, -0.2) is 15.5 Å². The molecule has 0 saturated heterocycles. The molecule has 1 aromatic heterocycles. The summed E-state index contributed by atoms with van der Waals surface area (Å²) in [6, 6.07) is 22.7. The molecule has 0 radical (unpaired) electrons. The van der Waals surface area contributed by atoms with Crippen molar-refractivity contribution in [3.05, 3.63) is 116 Å². The van der Waals surface area contributed by atoms with E-state index in [9.17, 15) is 14.4 Å². The molecule has 1 amide bonds. The van der Waals surface area contributed by atoms with Gasteiger partial charge in [0.15, 0.2) is 0 Å². The number of carbonyl (C=O) groups excluding carboxylic acids is 1. The Labute approximate surface area is 190 Å². The first kappa shape index (κ1) is 22.2. The van der Waals surface area contributed by atoms with E-state index in [1.807, 2.05) is 54.6 Å². The van der Waals surface area contributed by atoms with Crippen LogP contribution in [0.3, 0.4) is 0 Å². The van der Waals surface area contributed by atoms with Gasteiger partial charge in [-0.25, -0.2) is 0 Å². The summed E-state index contributed by atoms with van der Waals surface area (Å²) in [5.74, 6) is -0.271. The molecule has 4 rings (SSSR count). The average Bonchev–Trinajstić information content (AvgIpc) is 2.84. The Kier molecular flexibility index (Phi) is 6.80. The monoisotopic (exact) mass is 443 g/mol. The zero-order valence-electron chi connectivity index (χ0n) is 18.3. The van der Waals surface area contributed by atoms with Crippen molar-refractivity contribution in [2.45, 2.75) is 33.2 Å². The molecule has 0 atom stereocenters. The lowest BCUT2D eigenvalue weighted by atomic mass is 10.1. The second-order valence-electron chi connectivity index (χ2n) is 7.67. The van der Waals surface area contributed by atoms with Crippen molar-refractivity contribution in [1.29, 1.82) is 0 Å². The molecule has 0 bridgehead atoms. The molecule has 0 unspecified atom stereocenters. The van der Waals surface area contributed by atoms with E-state index in [-0.39, 0.29) is 5.91 Å². The smallest absolute Gasteiger partial charge is 0.316 e. The molecule has 7 heteroatoms. The molecule has 0 fully saturated rings. The summed E-state index contributed by atoms with van der Waals surface area (Å²) in [4.78, 5) is 39.3. The maximum atomic E-state index is 12.8. The number of fused-ring (bicyclic) bond motifs is 1. The minimum Gasteiger partial charge on any atom is -0.372 e. The molecule has 3 aromatic carbocycles. The molecule has 7 nitrogen and oxygen atoms in total. The fourth-order valence-electron chi connectivity index (χ4n) is 3.74. The normalized spacial score (nSPS) is 10.9. The number of aryl methyl sites for hydroxylation is 1. The minimum absolute atomic E-state index is 0.271. The number of rotatable bonds is 8. The Hall–Kier alpha value is -3.97. The molecule has 0 spiro atoms. The topological polar surface area (TPSA) is 93.2 Å². The Bertz CT molecular complexity index is 1390. The second-order valence-corrected chi connectivity index (χ2v) is 7.67. The van der Waals surface area contributed by atoms with Gasteiger partial charge >= 0.3 is 11.1 Å². The van der Waals surface area contributed by atoms with Gasteiger partial charge in [-0.3, -0.25) is 14.4 Å². The van der Waals surface area contributed by atoms with Crippen LogP contribution in [0.5, 0.6) is 0 Å². The van der Waals surface area contributed by atoms with E-state index >= 15 is 0 Å². The predicted octanol–water partition coefficient (Wildman–Crippen LogP) is 3.36. The van der Waals surface area contributed by atoms with Crippen LogP contribution in [0.2, 0.25) is 0 Å². The van der Waals surface area contributed by atoms with Gasteiger partial charge in [0.1, 0.15) is 0 Å². The van der Waals surface area contributed by atoms with Gasteiger partial charge < -0.3 is 19.6 Å². The van der Waals surface area contributed by atoms with Gasteiger partial charge in [-0.05, 0) is 41.8 Å². The molecule has 2 N–H and O–H groups in total. The highest BCUT2D eigenvalue weighted by Crippen LogP contribution is 2.14. The average molecular weight is 444 g/mol. The summed E-state index contributed by atoms with van der Waals surface area (Å²) < 4.78 is 7.24. The van der Waals surface area contributed by atoms with Gasteiger partial charge in [0.2, 0.25) is 0 Å². The third-order valence-corrected chi connectivity index (χ3v) is 5.48. The van der Waals surface area contributed by atoms with Crippen LogP contribution in [0.4, 0.5) is 0 Å². The molecule has 0 aliphatic rings. The van der Waals surface area contributed by atoms with E-state index in [4.69, 9.17) is 4.74 Å². The van der Waals surface area contributed by atoms with Gasteiger partial charge in [-0.1, -0.05) is 54.6 Å². The van der Waals surface area contributed by atoms with Crippen LogP contribution in [0.25, 0.3) is 11.0 Å². The Morgan fingerprint density at radius 1 is 0.939 bits per heavy atom. The number of amides is 1. The quantitative estimate of drug-likeness (QED) is 0.409. The molecule has 0 aliphatic carbocycles. The number of hydrogen-bond donors (Lipinski definition) is 2. The van der Waals surface area contributed by atoms with Crippen molar-refractivity contribution in [1.82, 2.24) is 14.9 Å². The first-order valence-corrected chi connectivity index (χ1v) is 10.8. The molecule has 33 heavy (non-hydrogen) atoms. The number of aromatic amines is 1. The van der Waals surface area contributed by atoms with Crippen LogP contribution in [0, 0.1) is 0 Å². The van der Waals surface area contributed by atoms with Crippen molar-refractivity contribution in [3.8, 4) is 0 Å². The number of ether oxygens (including phenoxy) is 1. The summed E-state index contributed by atoms with van der Waals surface area (Å²) in [7, 11) is 0. The highest BCUT2D eigenvalue weighted by atomic mass is 16.5. The summed E-state index contributed by atoms with van der Waals surface area (Å²) in [6.45, 7) is 3.45. The maximum Gasteiger partial charge on any atom is 0.316 e. The highest BCUT2D eigenvalue weighted by molar-refractivity contribution is 5.97. The van der Waals surface area contributed by atoms with E-state index in [2.05, 4.69) is 10.3 Å². The van der Waals surface area contributed by atoms with Gasteiger partial charge in [-0.2, -0.15) is 0 Å². The van der Waals surface area contributed by atoms with Crippen molar-refractivity contribution in [3.63, 3.8) is 0 Å². The summed E-state index contributed by atoms with van der Waals surface area (Å²) in [5, 5.41) is 2.93. The predicted molar refractivity (Wildman–Crippen MR) is 127 cm³/mol. The largest absolute Gasteiger partial charge is 0.372 e. The number of benzene rings is 3. The lowest BCUT2D eigenvalue weighted by molar-refractivity contribution is 0.0947. The van der Waals surface area contributed by atoms with E-state index in [1.165, 1.54) is 4.57 Å². The van der Waals surface area contributed by atoms with E-state index in [0.29, 0.717) is 42.9 Å². The second kappa shape index (κ2) is 10.1. The number of nitrogens with one attached hydrogen (secondary N) is 2. The van der Waals surface area contributed by atoms with Gasteiger partial charge in [0.05, 0.1) is 24.2 Å². The Morgan fingerprint density at radius 2 is 1.67 bits per heavy atom. The fraction of sp³-hybridized carbons (Fsp3) is 0.192. The number of hydrogen-bond acceptors (Lipinski definition) is 4. The van der Waals surface area contributed by atoms with E-state index in [0.717, 1.165) is 16.7 Å². The summed E-state index contributed by atoms with van der Waals surface area (Å²) in [6.07, 6.45) is 0. The van der Waals surface area contributed by atoms with Crippen LogP contribution < -0.4 is 16.4 Å². The van der Waals surface area contributed by atoms with Crippen LogP contribution in [0.15, 0.2) is 82.4 Å². The third kappa shape index (κ3) is 5.10. The Balaban J connectivity index is 1.44. The molecule has 4 aromatic rings. The van der Waals surface area contributed by atoms with Crippen molar-refractivity contribution >= 4 is 16.9 Å². The number of H-pyrrole nitrogens is 1. The zero-order valence-corrected chi connectivity index (χ0v) is 18.3. The van der Waals surface area contributed by atoms with Gasteiger partial charge in [-0.15, -0.1) is 0 Å². The van der Waals surface area contributed by atoms with Gasteiger partial charge in [0, 0.05) is 18.7 Å². The molecular weight excluding hydrogens is 418 g/mol.